The Morgan fingerprint density at radius 3 is 2.48 bits per heavy atom. The predicted molar refractivity (Wildman–Crippen MR) is 115 cm³/mol. The number of nitrogens with zero attached hydrogens (tertiary/aromatic N) is 4. The van der Waals surface area contributed by atoms with Crippen molar-refractivity contribution in [1.82, 2.24) is 30.8 Å². The fraction of sp³-hybridized carbons (Fsp3) is 0.591. The molecule has 4 aliphatic carbocycles. The number of aryl methyl sites for hydroxylation is 1. The summed E-state index contributed by atoms with van der Waals surface area (Å²) in [6.07, 6.45) is 7.59. The Balaban J connectivity index is 1.09. The van der Waals surface area contributed by atoms with Crippen LogP contribution in [-0.2, 0) is 4.79 Å². The van der Waals surface area contributed by atoms with E-state index in [2.05, 4.69) is 31.5 Å². The predicted octanol–water partition coefficient (Wildman–Crippen LogP) is 2.57. The molecule has 0 spiro atoms. The summed E-state index contributed by atoms with van der Waals surface area (Å²) in [4.78, 5) is 24.8. The van der Waals surface area contributed by atoms with Gasteiger partial charge in [0.1, 0.15) is 0 Å². The maximum atomic E-state index is 12.5. The molecule has 0 unspecified atom stereocenters. The topological polar surface area (TPSA) is 114 Å². The summed E-state index contributed by atoms with van der Waals surface area (Å²) >= 11 is 0. The Bertz CT molecular complexity index is 950. The van der Waals surface area contributed by atoms with Crippen molar-refractivity contribution in [1.29, 1.82) is 0 Å². The van der Waals surface area contributed by atoms with Gasteiger partial charge >= 0.3 is 6.03 Å². The van der Waals surface area contributed by atoms with E-state index in [9.17, 15) is 9.59 Å². The van der Waals surface area contributed by atoms with Gasteiger partial charge in [0.25, 0.3) is 0 Å². The van der Waals surface area contributed by atoms with Gasteiger partial charge in [0.2, 0.25) is 5.91 Å². The van der Waals surface area contributed by atoms with Crippen molar-refractivity contribution in [3.63, 3.8) is 0 Å². The SMILES string of the molecule is Cc1nnnn1-c1cccc(NC(=O)CCNC(=O)NC23CC4CC(CC(C4)C2)C3)c1. The zero-order valence-corrected chi connectivity index (χ0v) is 17.8. The Kier molecular flexibility index (Phi) is 5.11. The minimum atomic E-state index is -0.152. The van der Waals surface area contributed by atoms with Crippen LogP contribution >= 0.6 is 0 Å². The summed E-state index contributed by atoms with van der Waals surface area (Å²) in [6, 6.07) is 7.19. The molecule has 2 aromatic rings. The van der Waals surface area contributed by atoms with E-state index in [1.54, 1.807) is 4.68 Å². The van der Waals surface area contributed by atoms with Gasteiger partial charge in [0.05, 0.1) is 5.69 Å². The number of carbonyl (C=O) groups is 2. The lowest BCUT2D eigenvalue weighted by Crippen LogP contribution is -2.61. The Hall–Kier alpha value is -2.97. The molecule has 3 N–H and O–H groups in total. The van der Waals surface area contributed by atoms with Gasteiger partial charge in [-0.15, -0.1) is 5.10 Å². The maximum absolute atomic E-state index is 12.5. The highest BCUT2D eigenvalue weighted by Crippen LogP contribution is 2.55. The second kappa shape index (κ2) is 7.94. The minimum Gasteiger partial charge on any atom is -0.338 e. The highest BCUT2D eigenvalue weighted by atomic mass is 16.2. The van der Waals surface area contributed by atoms with E-state index in [0.29, 0.717) is 18.1 Å². The largest absolute Gasteiger partial charge is 0.338 e. The number of aromatic nitrogens is 4. The van der Waals surface area contributed by atoms with E-state index in [0.717, 1.165) is 42.7 Å². The summed E-state index contributed by atoms with van der Waals surface area (Å²) in [5.41, 5.74) is 1.42. The fourth-order valence-corrected chi connectivity index (χ4v) is 6.25. The van der Waals surface area contributed by atoms with Crippen LogP contribution in [0.3, 0.4) is 0 Å². The molecule has 9 nitrogen and oxygen atoms in total. The summed E-state index contributed by atoms with van der Waals surface area (Å²) in [7, 11) is 0. The monoisotopic (exact) mass is 423 g/mol. The molecule has 4 aliphatic rings. The van der Waals surface area contributed by atoms with Gasteiger partial charge in [-0.2, -0.15) is 4.68 Å². The van der Waals surface area contributed by atoms with Gasteiger partial charge in [0.15, 0.2) is 5.82 Å². The van der Waals surface area contributed by atoms with Crippen LogP contribution in [0.25, 0.3) is 5.69 Å². The van der Waals surface area contributed by atoms with Gasteiger partial charge in [-0.1, -0.05) is 6.07 Å². The van der Waals surface area contributed by atoms with Crippen molar-refractivity contribution in [2.75, 3.05) is 11.9 Å². The normalized spacial score (nSPS) is 28.4. The van der Waals surface area contributed by atoms with Crippen molar-refractivity contribution in [2.45, 2.75) is 57.4 Å². The first kappa shape index (κ1) is 20.0. The average Bonchev–Trinajstić information content (AvgIpc) is 3.12. The summed E-state index contributed by atoms with van der Waals surface area (Å²) in [5, 5.41) is 20.5. The molecule has 9 heteroatoms. The standard InChI is InChI=1S/C22H29N7O2/c1-14-26-27-28-29(14)19-4-2-3-18(10-19)24-20(30)5-6-23-21(31)25-22-11-15-7-16(12-22)9-17(8-15)13-22/h2-4,10,15-17H,5-9,11-13H2,1H3,(H,24,30)(H2,23,25,31). The third-order valence-electron chi connectivity index (χ3n) is 7.05. The number of tetrazole rings is 1. The lowest BCUT2D eigenvalue weighted by molar-refractivity contribution is -0.116. The Morgan fingerprint density at radius 2 is 1.84 bits per heavy atom. The summed E-state index contributed by atoms with van der Waals surface area (Å²) in [5.74, 6) is 2.86. The highest BCUT2D eigenvalue weighted by Gasteiger charge is 2.51. The molecule has 0 atom stereocenters. The molecular formula is C22H29N7O2. The van der Waals surface area contributed by atoms with E-state index in [1.807, 2.05) is 31.2 Å². The zero-order chi connectivity index (χ0) is 21.4. The molecule has 3 amide bonds. The third kappa shape index (κ3) is 4.26. The third-order valence-corrected chi connectivity index (χ3v) is 7.05. The maximum Gasteiger partial charge on any atom is 0.315 e. The molecule has 0 radical (unpaired) electrons. The Morgan fingerprint density at radius 1 is 1.13 bits per heavy atom. The molecule has 4 bridgehead atoms. The second-order valence-electron chi connectivity index (χ2n) is 9.57. The van der Waals surface area contributed by atoms with Gasteiger partial charge in [-0.3, -0.25) is 4.79 Å². The number of urea groups is 1. The number of carbonyl (C=O) groups excluding carboxylic acids is 2. The van der Waals surface area contributed by atoms with Gasteiger partial charge in [0, 0.05) is 24.2 Å². The number of rotatable bonds is 6. The van der Waals surface area contributed by atoms with Crippen LogP contribution in [0, 0.1) is 24.7 Å². The summed E-state index contributed by atoms with van der Waals surface area (Å²) in [6.45, 7) is 2.11. The van der Waals surface area contributed by atoms with Crippen molar-refractivity contribution in [3.8, 4) is 5.69 Å². The molecule has 1 heterocycles. The van der Waals surface area contributed by atoms with Crippen LogP contribution < -0.4 is 16.0 Å². The summed E-state index contributed by atoms with van der Waals surface area (Å²) < 4.78 is 1.60. The van der Waals surface area contributed by atoms with Crippen molar-refractivity contribution in [3.05, 3.63) is 30.1 Å². The smallest absolute Gasteiger partial charge is 0.315 e. The first-order valence-corrected chi connectivity index (χ1v) is 11.2. The van der Waals surface area contributed by atoms with Crippen LogP contribution in [0.2, 0.25) is 0 Å². The number of amides is 3. The molecule has 4 saturated carbocycles. The van der Waals surface area contributed by atoms with Crippen LogP contribution in [0.5, 0.6) is 0 Å². The van der Waals surface area contributed by atoms with E-state index >= 15 is 0 Å². The van der Waals surface area contributed by atoms with Crippen LogP contribution in [-0.4, -0.2) is 44.2 Å². The van der Waals surface area contributed by atoms with Gasteiger partial charge in [-0.25, -0.2) is 4.79 Å². The lowest BCUT2D eigenvalue weighted by atomic mass is 9.53. The number of nitrogens with one attached hydrogen (secondary N) is 3. The Labute approximate surface area is 181 Å². The van der Waals surface area contributed by atoms with E-state index in [-0.39, 0.29) is 23.9 Å². The first-order valence-electron chi connectivity index (χ1n) is 11.2. The van der Waals surface area contributed by atoms with Crippen molar-refractivity contribution >= 4 is 17.6 Å². The van der Waals surface area contributed by atoms with Gasteiger partial charge < -0.3 is 16.0 Å². The van der Waals surface area contributed by atoms with E-state index in [1.165, 1.54) is 19.3 Å². The molecule has 0 aliphatic heterocycles. The molecule has 0 saturated heterocycles. The van der Waals surface area contributed by atoms with Crippen LogP contribution in [0.4, 0.5) is 10.5 Å². The zero-order valence-electron chi connectivity index (χ0n) is 17.8. The molecule has 31 heavy (non-hydrogen) atoms. The fourth-order valence-electron chi connectivity index (χ4n) is 6.25. The molecule has 4 fully saturated rings. The minimum absolute atomic E-state index is 0.0180. The molecular weight excluding hydrogens is 394 g/mol. The molecule has 164 valence electrons. The van der Waals surface area contributed by atoms with Crippen molar-refractivity contribution in [2.24, 2.45) is 17.8 Å². The molecule has 6 rings (SSSR count). The number of hydrogen-bond acceptors (Lipinski definition) is 5. The first-order chi connectivity index (χ1) is 15.0. The van der Waals surface area contributed by atoms with E-state index < -0.39 is 0 Å². The lowest BCUT2D eigenvalue weighted by Gasteiger charge is -2.56. The number of hydrogen-bond donors (Lipinski definition) is 3. The highest BCUT2D eigenvalue weighted by molar-refractivity contribution is 5.91. The number of benzene rings is 1. The number of anilines is 1. The van der Waals surface area contributed by atoms with Gasteiger partial charge in [-0.05, 0) is 91.8 Å². The van der Waals surface area contributed by atoms with Crippen LogP contribution in [0.1, 0.15) is 50.8 Å². The quantitative estimate of drug-likeness (QED) is 0.661. The second-order valence-corrected chi connectivity index (χ2v) is 9.57. The molecule has 1 aromatic carbocycles. The van der Waals surface area contributed by atoms with Crippen LogP contribution in [0.15, 0.2) is 24.3 Å². The molecule has 1 aromatic heterocycles. The van der Waals surface area contributed by atoms with Crippen molar-refractivity contribution < 1.29 is 9.59 Å². The van der Waals surface area contributed by atoms with E-state index in [4.69, 9.17) is 0 Å². The average molecular weight is 424 g/mol.